The highest BCUT2D eigenvalue weighted by molar-refractivity contribution is 7.15. The Kier molecular flexibility index (Phi) is 4.82. The topological polar surface area (TPSA) is 63.5 Å². The van der Waals surface area contributed by atoms with E-state index in [1.807, 2.05) is 0 Å². The normalized spacial score (nSPS) is 11.7. The molecule has 1 amide bonds. The number of amides is 1. The summed E-state index contributed by atoms with van der Waals surface area (Å²) in [6, 6.07) is 6.02. The first-order valence-corrected chi connectivity index (χ1v) is 8.56. The molecule has 3 rings (SSSR count). The van der Waals surface area contributed by atoms with Gasteiger partial charge >= 0.3 is 6.18 Å². The minimum Gasteiger partial charge on any atom is -0.352 e. The molecule has 2 aromatic heterocycles. The average Bonchev–Trinajstić information content (AvgIpc) is 2.97. The summed E-state index contributed by atoms with van der Waals surface area (Å²) in [5.41, 5.74) is -0.371. The van der Waals surface area contributed by atoms with Gasteiger partial charge in [0.1, 0.15) is 0 Å². The van der Waals surface area contributed by atoms with E-state index in [0.29, 0.717) is 22.8 Å². The summed E-state index contributed by atoms with van der Waals surface area (Å²) in [6.07, 6.45) is -4.31. The highest BCUT2D eigenvalue weighted by Crippen LogP contribution is 2.31. The molecule has 0 aliphatic rings. The number of fused-ring (bicyclic) bond motifs is 1. The molecule has 5 nitrogen and oxygen atoms in total. The zero-order chi connectivity index (χ0) is 18.9. The van der Waals surface area contributed by atoms with Crippen molar-refractivity contribution < 1.29 is 18.0 Å². The number of nitrogens with zero attached hydrogens (tertiary/aromatic N) is 2. The van der Waals surface area contributed by atoms with E-state index in [1.165, 1.54) is 33.9 Å². The summed E-state index contributed by atoms with van der Waals surface area (Å²) in [5.74, 6) is -0.807. The molecule has 0 unspecified atom stereocenters. The van der Waals surface area contributed by atoms with Gasteiger partial charge in [0.2, 0.25) is 0 Å². The van der Waals surface area contributed by atoms with E-state index in [1.54, 1.807) is 12.3 Å². The Labute approximate surface area is 150 Å². The van der Waals surface area contributed by atoms with Gasteiger partial charge in [-0.15, -0.1) is 11.3 Å². The van der Waals surface area contributed by atoms with E-state index in [2.05, 4.69) is 10.3 Å². The summed E-state index contributed by atoms with van der Waals surface area (Å²) in [5, 5.41) is 4.22. The van der Waals surface area contributed by atoms with E-state index in [4.69, 9.17) is 0 Å². The number of nitrogens with one attached hydrogen (secondary N) is 1. The Balaban J connectivity index is 1.74. The van der Waals surface area contributed by atoms with Crippen LogP contribution < -0.4 is 10.9 Å². The van der Waals surface area contributed by atoms with E-state index in [0.717, 1.165) is 12.1 Å². The minimum absolute atomic E-state index is 0.0944. The van der Waals surface area contributed by atoms with Gasteiger partial charge in [-0.1, -0.05) is 12.1 Å². The highest BCUT2D eigenvalue weighted by atomic mass is 32.1. The SMILES string of the molecule is Cc1cc(=O)n2c(CCNC(=O)c3ccccc3C(F)(F)F)csc2n1. The molecule has 9 heteroatoms. The van der Waals surface area contributed by atoms with Crippen molar-refractivity contribution >= 4 is 22.2 Å². The summed E-state index contributed by atoms with van der Waals surface area (Å²) < 4.78 is 40.4. The highest BCUT2D eigenvalue weighted by Gasteiger charge is 2.34. The predicted molar refractivity (Wildman–Crippen MR) is 91.6 cm³/mol. The van der Waals surface area contributed by atoms with E-state index < -0.39 is 23.2 Å². The fourth-order valence-corrected chi connectivity index (χ4v) is 3.56. The molecular formula is C17H14F3N3O2S. The largest absolute Gasteiger partial charge is 0.417 e. The molecule has 26 heavy (non-hydrogen) atoms. The molecule has 1 N–H and O–H groups in total. The van der Waals surface area contributed by atoms with Crippen LogP contribution in [0.4, 0.5) is 13.2 Å². The summed E-state index contributed by atoms with van der Waals surface area (Å²) in [6.45, 7) is 1.82. The van der Waals surface area contributed by atoms with Gasteiger partial charge in [0.15, 0.2) is 4.96 Å². The van der Waals surface area contributed by atoms with Crippen molar-refractivity contribution in [2.75, 3.05) is 6.54 Å². The number of hydrogen-bond donors (Lipinski definition) is 1. The van der Waals surface area contributed by atoms with Gasteiger partial charge in [-0.05, 0) is 19.1 Å². The lowest BCUT2D eigenvalue weighted by molar-refractivity contribution is -0.137. The van der Waals surface area contributed by atoms with E-state index >= 15 is 0 Å². The molecular weight excluding hydrogens is 367 g/mol. The number of aryl methyl sites for hydroxylation is 1. The second-order valence-electron chi connectivity index (χ2n) is 5.63. The van der Waals surface area contributed by atoms with Gasteiger partial charge in [-0.25, -0.2) is 4.98 Å². The first-order valence-electron chi connectivity index (χ1n) is 7.68. The second-order valence-corrected chi connectivity index (χ2v) is 6.47. The van der Waals surface area contributed by atoms with Crippen molar-refractivity contribution in [2.24, 2.45) is 0 Å². The Hall–Kier alpha value is -2.68. The third-order valence-corrected chi connectivity index (χ3v) is 4.62. The van der Waals surface area contributed by atoms with Crippen LogP contribution in [0.1, 0.15) is 27.3 Å². The molecule has 2 heterocycles. The number of halogens is 3. The molecule has 0 aliphatic carbocycles. The third kappa shape index (κ3) is 3.62. The molecule has 0 saturated carbocycles. The monoisotopic (exact) mass is 381 g/mol. The number of alkyl halides is 3. The fraction of sp³-hybridized carbons (Fsp3) is 0.235. The van der Waals surface area contributed by atoms with Crippen molar-refractivity contribution in [1.29, 1.82) is 0 Å². The lowest BCUT2D eigenvalue weighted by Crippen LogP contribution is -2.28. The van der Waals surface area contributed by atoms with E-state index in [9.17, 15) is 22.8 Å². The summed E-state index contributed by atoms with van der Waals surface area (Å²) >= 11 is 1.29. The number of carbonyl (C=O) groups excluding carboxylic acids is 1. The van der Waals surface area contributed by atoms with Crippen LogP contribution in [0.5, 0.6) is 0 Å². The number of thiazole rings is 1. The maximum absolute atomic E-state index is 13.0. The van der Waals surface area contributed by atoms with Crippen molar-refractivity contribution in [3.63, 3.8) is 0 Å². The Morgan fingerprint density at radius 3 is 2.77 bits per heavy atom. The smallest absolute Gasteiger partial charge is 0.352 e. The maximum Gasteiger partial charge on any atom is 0.417 e. The number of hydrogen-bond acceptors (Lipinski definition) is 4. The van der Waals surface area contributed by atoms with Gasteiger partial charge in [0.25, 0.3) is 11.5 Å². The Morgan fingerprint density at radius 2 is 2.04 bits per heavy atom. The number of aromatic nitrogens is 2. The van der Waals surface area contributed by atoms with Crippen LogP contribution in [0, 0.1) is 6.92 Å². The molecule has 0 bridgehead atoms. The van der Waals surface area contributed by atoms with Crippen LogP contribution >= 0.6 is 11.3 Å². The van der Waals surface area contributed by atoms with Crippen LogP contribution in [-0.4, -0.2) is 21.8 Å². The molecule has 0 spiro atoms. The number of benzene rings is 1. The molecule has 0 aliphatic heterocycles. The average molecular weight is 381 g/mol. The third-order valence-electron chi connectivity index (χ3n) is 3.75. The van der Waals surface area contributed by atoms with Crippen LogP contribution in [0.2, 0.25) is 0 Å². The minimum atomic E-state index is -4.60. The zero-order valence-corrected chi connectivity index (χ0v) is 14.4. The molecule has 0 fully saturated rings. The molecule has 0 radical (unpaired) electrons. The van der Waals surface area contributed by atoms with Crippen LogP contribution in [-0.2, 0) is 12.6 Å². The van der Waals surface area contributed by atoms with E-state index in [-0.39, 0.29) is 12.1 Å². The van der Waals surface area contributed by atoms with Crippen molar-refractivity contribution in [1.82, 2.24) is 14.7 Å². The summed E-state index contributed by atoms with van der Waals surface area (Å²) in [4.78, 5) is 29.0. The second kappa shape index (κ2) is 6.91. The van der Waals surface area contributed by atoms with Gasteiger partial charge in [0, 0.05) is 35.8 Å². The van der Waals surface area contributed by atoms with Gasteiger partial charge < -0.3 is 5.32 Å². The quantitative estimate of drug-likeness (QED) is 0.756. The maximum atomic E-state index is 13.0. The Morgan fingerprint density at radius 1 is 1.31 bits per heavy atom. The molecule has 0 saturated heterocycles. The first-order chi connectivity index (χ1) is 12.3. The molecule has 1 aromatic carbocycles. The fourth-order valence-electron chi connectivity index (χ4n) is 2.59. The van der Waals surface area contributed by atoms with Gasteiger partial charge in [0.05, 0.1) is 11.1 Å². The van der Waals surface area contributed by atoms with Gasteiger partial charge in [-0.3, -0.25) is 14.0 Å². The van der Waals surface area contributed by atoms with Crippen molar-refractivity contribution in [3.8, 4) is 0 Å². The molecule has 0 atom stereocenters. The van der Waals surface area contributed by atoms with Crippen LogP contribution in [0.15, 0.2) is 40.5 Å². The number of carbonyl (C=O) groups is 1. The standard InChI is InChI=1S/C17H14F3N3O2S/c1-10-8-14(24)23-11(9-26-16(23)22-10)6-7-21-15(25)12-4-2-3-5-13(12)17(18,19)20/h2-5,8-9H,6-7H2,1H3,(H,21,25). The lowest BCUT2D eigenvalue weighted by atomic mass is 10.1. The summed E-state index contributed by atoms with van der Waals surface area (Å²) in [7, 11) is 0. The molecule has 136 valence electrons. The first kappa shape index (κ1) is 18.1. The predicted octanol–water partition coefficient (Wildman–Crippen LogP) is 3.06. The number of rotatable bonds is 4. The van der Waals surface area contributed by atoms with Crippen LogP contribution in [0.3, 0.4) is 0 Å². The van der Waals surface area contributed by atoms with Gasteiger partial charge in [-0.2, -0.15) is 13.2 Å². The lowest BCUT2D eigenvalue weighted by Gasteiger charge is -2.12. The van der Waals surface area contributed by atoms with Crippen molar-refractivity contribution in [2.45, 2.75) is 19.5 Å². The zero-order valence-electron chi connectivity index (χ0n) is 13.6. The van der Waals surface area contributed by atoms with Crippen LogP contribution in [0.25, 0.3) is 4.96 Å². The molecule has 3 aromatic rings. The Bertz CT molecular complexity index is 1020. The van der Waals surface area contributed by atoms with Crippen molar-refractivity contribution in [3.05, 3.63) is 68.6 Å².